The molecule has 22 heavy (non-hydrogen) atoms. The largest absolute Gasteiger partial charge is 0.335 e. The van der Waals surface area contributed by atoms with E-state index < -0.39 is 10.0 Å². The van der Waals surface area contributed by atoms with Gasteiger partial charge in [0, 0.05) is 12.6 Å². The molecule has 0 aromatic carbocycles. The summed E-state index contributed by atoms with van der Waals surface area (Å²) in [6.07, 6.45) is 6.97. The molecule has 1 amide bonds. The Kier molecular flexibility index (Phi) is 4.31. The molecule has 0 bridgehead atoms. The Morgan fingerprint density at radius 3 is 2.64 bits per heavy atom. The highest BCUT2D eigenvalue weighted by Crippen LogP contribution is 2.37. The maximum Gasteiger partial charge on any atom is 0.264 e. The van der Waals surface area contributed by atoms with E-state index in [4.69, 9.17) is 5.14 Å². The van der Waals surface area contributed by atoms with Gasteiger partial charge in [0.1, 0.15) is 4.21 Å². The Bertz CT molecular complexity index is 679. The molecule has 2 aliphatic rings. The van der Waals surface area contributed by atoms with Crippen LogP contribution in [0.2, 0.25) is 0 Å². The minimum atomic E-state index is -3.74. The van der Waals surface area contributed by atoms with Gasteiger partial charge in [0.05, 0.1) is 4.88 Å². The van der Waals surface area contributed by atoms with Crippen molar-refractivity contribution in [3.8, 4) is 0 Å². The summed E-state index contributed by atoms with van der Waals surface area (Å²) in [5.41, 5.74) is 0.706. The molecule has 2 N–H and O–H groups in total. The third kappa shape index (κ3) is 2.94. The van der Waals surface area contributed by atoms with Crippen LogP contribution in [0.5, 0.6) is 0 Å². The summed E-state index contributed by atoms with van der Waals surface area (Å²) in [4.78, 5) is 15.4. The second-order valence-corrected chi connectivity index (χ2v) is 9.22. The molecule has 0 spiro atoms. The quantitative estimate of drug-likeness (QED) is 0.896. The van der Waals surface area contributed by atoms with Crippen LogP contribution in [0.1, 0.15) is 53.8 Å². The zero-order chi connectivity index (χ0) is 15.9. The lowest BCUT2D eigenvalue weighted by Crippen LogP contribution is -2.49. The van der Waals surface area contributed by atoms with E-state index >= 15 is 0 Å². The zero-order valence-corrected chi connectivity index (χ0v) is 14.4. The smallest absolute Gasteiger partial charge is 0.264 e. The fraction of sp³-hybridized carbons (Fsp3) is 0.667. The Morgan fingerprint density at radius 1 is 1.27 bits per heavy atom. The third-order valence-corrected chi connectivity index (χ3v) is 7.52. The predicted octanol–water partition coefficient (Wildman–Crippen LogP) is 2.50. The van der Waals surface area contributed by atoms with E-state index in [-0.39, 0.29) is 10.1 Å². The van der Waals surface area contributed by atoms with Crippen molar-refractivity contribution in [1.82, 2.24) is 4.90 Å². The number of primary sulfonamides is 1. The number of amides is 1. The molecule has 7 heteroatoms. The number of hydrogen-bond donors (Lipinski definition) is 1. The van der Waals surface area contributed by atoms with Crippen molar-refractivity contribution in [3.63, 3.8) is 0 Å². The molecule has 1 aromatic heterocycles. The number of likely N-dealkylation sites (tertiary alicyclic amines) is 1. The second kappa shape index (κ2) is 5.94. The van der Waals surface area contributed by atoms with E-state index in [0.717, 1.165) is 30.7 Å². The number of hydrogen-bond acceptors (Lipinski definition) is 4. The molecule has 1 saturated heterocycles. The molecular weight excluding hydrogens is 320 g/mol. The molecule has 0 radical (unpaired) electrons. The molecule has 122 valence electrons. The summed E-state index contributed by atoms with van der Waals surface area (Å²) in [5.74, 6) is 0.596. The first kappa shape index (κ1) is 16.0. The van der Waals surface area contributed by atoms with Gasteiger partial charge in [-0.2, -0.15) is 0 Å². The van der Waals surface area contributed by atoms with Crippen molar-refractivity contribution in [2.45, 2.75) is 55.7 Å². The number of rotatable bonds is 2. The summed E-state index contributed by atoms with van der Waals surface area (Å²) in [6.45, 7) is 2.56. The second-order valence-electron chi connectivity index (χ2n) is 6.38. The van der Waals surface area contributed by atoms with Crippen LogP contribution in [0.3, 0.4) is 0 Å². The number of piperidine rings is 1. The van der Waals surface area contributed by atoms with E-state index in [1.807, 2.05) is 4.90 Å². The Balaban J connectivity index is 1.88. The van der Waals surface area contributed by atoms with Gasteiger partial charge in [-0.1, -0.05) is 12.8 Å². The Morgan fingerprint density at radius 2 is 1.95 bits per heavy atom. The van der Waals surface area contributed by atoms with Crippen molar-refractivity contribution in [3.05, 3.63) is 16.5 Å². The summed E-state index contributed by atoms with van der Waals surface area (Å²) >= 11 is 1.00. The van der Waals surface area contributed by atoms with Gasteiger partial charge in [-0.25, -0.2) is 13.6 Å². The lowest BCUT2D eigenvalue weighted by Gasteiger charge is -2.44. The lowest BCUT2D eigenvalue weighted by atomic mass is 9.78. The molecule has 1 saturated carbocycles. The molecular formula is C15H22N2O3S2. The SMILES string of the molecule is Cc1cc(S(N)(=O)=O)sc1C(=O)N1CCC[C@H]2CCCC[C@H]21. The lowest BCUT2D eigenvalue weighted by molar-refractivity contribution is 0.0394. The molecule has 1 aromatic rings. The van der Waals surface area contributed by atoms with Gasteiger partial charge in [0.15, 0.2) is 0 Å². The number of aryl methyl sites for hydroxylation is 1. The van der Waals surface area contributed by atoms with Crippen LogP contribution < -0.4 is 5.14 Å². The monoisotopic (exact) mass is 342 g/mol. The average molecular weight is 342 g/mol. The number of nitrogens with zero attached hydrogens (tertiary/aromatic N) is 1. The van der Waals surface area contributed by atoms with Gasteiger partial charge < -0.3 is 4.90 Å². The van der Waals surface area contributed by atoms with E-state index in [0.29, 0.717) is 22.4 Å². The van der Waals surface area contributed by atoms with Crippen molar-refractivity contribution >= 4 is 27.3 Å². The van der Waals surface area contributed by atoms with Gasteiger partial charge >= 0.3 is 0 Å². The van der Waals surface area contributed by atoms with E-state index in [2.05, 4.69) is 0 Å². The number of carbonyl (C=O) groups excluding carboxylic acids is 1. The van der Waals surface area contributed by atoms with Crippen molar-refractivity contribution in [2.75, 3.05) is 6.54 Å². The molecule has 1 aliphatic heterocycles. The van der Waals surface area contributed by atoms with Crippen LogP contribution in [0.4, 0.5) is 0 Å². The van der Waals surface area contributed by atoms with Gasteiger partial charge in [0.2, 0.25) is 10.0 Å². The fourth-order valence-corrected chi connectivity index (χ4v) is 5.73. The summed E-state index contributed by atoms with van der Waals surface area (Å²) in [5, 5.41) is 5.18. The Hall–Kier alpha value is -0.920. The average Bonchev–Trinajstić information content (AvgIpc) is 2.88. The van der Waals surface area contributed by atoms with Gasteiger partial charge in [0.25, 0.3) is 5.91 Å². The van der Waals surface area contributed by atoms with Crippen LogP contribution in [0, 0.1) is 12.8 Å². The summed E-state index contributed by atoms with van der Waals surface area (Å²) in [6, 6.07) is 1.84. The van der Waals surface area contributed by atoms with Crippen LogP contribution in [-0.2, 0) is 10.0 Å². The topological polar surface area (TPSA) is 80.5 Å². The minimum Gasteiger partial charge on any atom is -0.335 e. The van der Waals surface area contributed by atoms with Crippen LogP contribution >= 0.6 is 11.3 Å². The highest BCUT2D eigenvalue weighted by atomic mass is 32.2. The number of carbonyl (C=O) groups is 1. The first-order chi connectivity index (χ1) is 10.4. The predicted molar refractivity (Wildman–Crippen MR) is 86.4 cm³/mol. The molecule has 5 nitrogen and oxygen atoms in total. The maximum absolute atomic E-state index is 12.9. The number of thiophene rings is 1. The van der Waals surface area contributed by atoms with Crippen LogP contribution in [-0.4, -0.2) is 31.8 Å². The van der Waals surface area contributed by atoms with Gasteiger partial charge in [-0.3, -0.25) is 4.79 Å². The van der Waals surface area contributed by atoms with Crippen molar-refractivity contribution < 1.29 is 13.2 Å². The third-order valence-electron chi connectivity index (χ3n) is 4.87. The number of sulfonamides is 1. The van der Waals surface area contributed by atoms with E-state index in [9.17, 15) is 13.2 Å². The molecule has 1 aliphatic carbocycles. The highest BCUT2D eigenvalue weighted by molar-refractivity contribution is 7.91. The van der Waals surface area contributed by atoms with Gasteiger partial charge in [-0.15, -0.1) is 11.3 Å². The van der Waals surface area contributed by atoms with Gasteiger partial charge in [-0.05, 0) is 50.2 Å². The highest BCUT2D eigenvalue weighted by Gasteiger charge is 2.37. The first-order valence-corrected chi connectivity index (χ1v) is 10.2. The van der Waals surface area contributed by atoms with Crippen LogP contribution in [0.25, 0.3) is 0 Å². The standard InChI is InChI=1S/C15H22N2O3S2/c1-10-9-13(22(16,19)20)21-14(10)15(18)17-8-4-6-11-5-2-3-7-12(11)17/h9,11-12H,2-8H2,1H3,(H2,16,19,20)/t11-,12-/m1/s1. The number of fused-ring (bicyclic) bond motifs is 1. The first-order valence-electron chi connectivity index (χ1n) is 7.82. The zero-order valence-electron chi connectivity index (χ0n) is 12.7. The van der Waals surface area contributed by atoms with Crippen molar-refractivity contribution in [1.29, 1.82) is 0 Å². The Labute approximate surface area is 135 Å². The summed E-state index contributed by atoms with van der Waals surface area (Å²) < 4.78 is 23.1. The molecule has 2 atom stereocenters. The maximum atomic E-state index is 12.9. The molecule has 3 rings (SSSR count). The summed E-state index contributed by atoms with van der Waals surface area (Å²) in [7, 11) is -3.74. The van der Waals surface area contributed by atoms with Crippen molar-refractivity contribution in [2.24, 2.45) is 11.1 Å². The van der Waals surface area contributed by atoms with Crippen LogP contribution in [0.15, 0.2) is 10.3 Å². The molecule has 0 unspecified atom stereocenters. The fourth-order valence-electron chi connectivity index (χ4n) is 3.81. The van der Waals surface area contributed by atoms with E-state index in [1.54, 1.807) is 6.92 Å². The minimum absolute atomic E-state index is 0.0194. The molecule has 2 heterocycles. The molecule has 2 fully saturated rings. The number of nitrogens with two attached hydrogens (primary N) is 1. The normalized spacial score (nSPS) is 25.8. The van der Waals surface area contributed by atoms with E-state index in [1.165, 1.54) is 31.7 Å².